The van der Waals surface area contributed by atoms with Gasteiger partial charge in [-0.2, -0.15) is 5.10 Å². The van der Waals surface area contributed by atoms with Crippen LogP contribution in [0.1, 0.15) is 5.56 Å². The third-order valence-electron chi connectivity index (χ3n) is 2.31. The summed E-state index contributed by atoms with van der Waals surface area (Å²) in [4.78, 5) is 0.372. The van der Waals surface area contributed by atoms with E-state index in [-0.39, 0.29) is 0 Å². The van der Waals surface area contributed by atoms with Gasteiger partial charge in [0.1, 0.15) is 17.3 Å². The van der Waals surface area contributed by atoms with E-state index in [0.29, 0.717) is 18.1 Å². The highest BCUT2D eigenvalue weighted by Crippen LogP contribution is 2.13. The van der Waals surface area contributed by atoms with Gasteiger partial charge in [-0.3, -0.25) is 4.68 Å². The average Bonchev–Trinajstić information content (AvgIpc) is 2.75. The molecule has 4 nitrogen and oxygen atoms in total. The zero-order valence-corrected chi connectivity index (χ0v) is 11.9. The molecule has 6 heteroatoms. The molecule has 0 saturated carbocycles. The van der Waals surface area contributed by atoms with Gasteiger partial charge in [0.05, 0.1) is 17.2 Å². The first kappa shape index (κ1) is 13.0. The summed E-state index contributed by atoms with van der Waals surface area (Å²) >= 11 is 8.26. The first-order chi connectivity index (χ1) is 8.65. The molecular weight excluding hydrogens is 314 g/mol. The molecule has 0 aliphatic rings. The topological polar surface area (TPSA) is 53.1 Å². The molecule has 18 heavy (non-hydrogen) atoms. The van der Waals surface area contributed by atoms with E-state index in [0.717, 1.165) is 15.8 Å². The highest BCUT2D eigenvalue weighted by Gasteiger charge is 2.00. The highest BCUT2D eigenvalue weighted by atomic mass is 79.9. The second-order valence-electron chi connectivity index (χ2n) is 3.66. The highest BCUT2D eigenvalue weighted by molar-refractivity contribution is 9.10. The van der Waals surface area contributed by atoms with Crippen LogP contribution in [0.2, 0.25) is 0 Å². The molecule has 0 unspecified atom stereocenters. The van der Waals surface area contributed by atoms with E-state index in [9.17, 15) is 0 Å². The van der Waals surface area contributed by atoms with E-state index in [1.165, 1.54) is 0 Å². The minimum Gasteiger partial charge on any atom is -0.492 e. The van der Waals surface area contributed by atoms with Crippen molar-refractivity contribution in [3.05, 3.63) is 46.7 Å². The Morgan fingerprint density at radius 2 is 2.33 bits per heavy atom. The van der Waals surface area contributed by atoms with E-state index in [2.05, 4.69) is 21.0 Å². The zero-order valence-electron chi connectivity index (χ0n) is 9.54. The Labute approximate surface area is 119 Å². The molecule has 2 N–H and O–H groups in total. The Balaban J connectivity index is 1.90. The van der Waals surface area contributed by atoms with Gasteiger partial charge in [-0.05, 0) is 28.1 Å². The Morgan fingerprint density at radius 3 is 3.00 bits per heavy atom. The van der Waals surface area contributed by atoms with E-state index in [1.807, 2.05) is 35.1 Å². The normalized spacial score (nSPS) is 10.3. The van der Waals surface area contributed by atoms with Crippen LogP contribution >= 0.6 is 28.1 Å². The van der Waals surface area contributed by atoms with Crippen LogP contribution in [0.4, 0.5) is 0 Å². The summed E-state index contributed by atoms with van der Waals surface area (Å²) in [6, 6.07) is 7.44. The lowest BCUT2D eigenvalue weighted by molar-refractivity contribution is 0.291. The van der Waals surface area contributed by atoms with Crippen molar-refractivity contribution in [2.45, 2.75) is 6.54 Å². The minimum atomic E-state index is 0.372. The number of nitrogens with zero attached hydrogens (tertiary/aromatic N) is 2. The molecule has 0 bridgehead atoms. The van der Waals surface area contributed by atoms with Crippen molar-refractivity contribution in [3.8, 4) is 5.75 Å². The summed E-state index contributed by atoms with van der Waals surface area (Å²) in [6.45, 7) is 1.22. The molecule has 94 valence electrons. The lowest BCUT2D eigenvalue weighted by Crippen LogP contribution is -2.11. The van der Waals surface area contributed by atoms with E-state index in [1.54, 1.807) is 6.20 Å². The van der Waals surface area contributed by atoms with Crippen molar-refractivity contribution < 1.29 is 4.74 Å². The van der Waals surface area contributed by atoms with Gasteiger partial charge in [0, 0.05) is 11.8 Å². The van der Waals surface area contributed by atoms with Crippen LogP contribution in [0.5, 0.6) is 5.75 Å². The molecule has 2 rings (SSSR count). The van der Waals surface area contributed by atoms with Crippen LogP contribution in [-0.2, 0) is 6.54 Å². The molecule has 1 aromatic carbocycles. The second kappa shape index (κ2) is 5.97. The van der Waals surface area contributed by atoms with Gasteiger partial charge in [0.25, 0.3) is 0 Å². The summed E-state index contributed by atoms with van der Waals surface area (Å²) in [5.74, 6) is 0.756. The van der Waals surface area contributed by atoms with E-state index < -0.39 is 0 Å². The molecule has 0 radical (unpaired) electrons. The van der Waals surface area contributed by atoms with Crippen molar-refractivity contribution in [3.63, 3.8) is 0 Å². The predicted octanol–water partition coefficient (Wildman–Crippen LogP) is 2.36. The number of aromatic nitrogens is 2. The number of ether oxygens (including phenoxy) is 1. The van der Waals surface area contributed by atoms with Gasteiger partial charge in [-0.25, -0.2) is 0 Å². The van der Waals surface area contributed by atoms with Crippen molar-refractivity contribution in [2.75, 3.05) is 6.61 Å². The van der Waals surface area contributed by atoms with Crippen molar-refractivity contribution >= 4 is 33.1 Å². The van der Waals surface area contributed by atoms with Crippen LogP contribution in [0.3, 0.4) is 0 Å². The van der Waals surface area contributed by atoms with Crippen LogP contribution in [-0.4, -0.2) is 21.4 Å². The van der Waals surface area contributed by atoms with Crippen molar-refractivity contribution in [1.29, 1.82) is 0 Å². The molecule has 0 fully saturated rings. The maximum absolute atomic E-state index is 5.62. The molecule has 1 heterocycles. The lowest BCUT2D eigenvalue weighted by atomic mass is 10.2. The standard InChI is InChI=1S/C12H12BrN3OS/c13-10-7-15-16(8-10)4-5-17-11-3-1-2-9(6-11)12(14)18/h1-3,6-8H,4-5H2,(H2,14,18). The lowest BCUT2D eigenvalue weighted by Gasteiger charge is -2.07. The maximum Gasteiger partial charge on any atom is 0.120 e. The van der Waals surface area contributed by atoms with Gasteiger partial charge in [-0.1, -0.05) is 24.4 Å². The maximum atomic E-state index is 5.62. The molecule has 0 spiro atoms. The van der Waals surface area contributed by atoms with Crippen molar-refractivity contribution in [1.82, 2.24) is 9.78 Å². The quantitative estimate of drug-likeness (QED) is 0.857. The monoisotopic (exact) mass is 325 g/mol. The molecule has 0 aliphatic heterocycles. The molecule has 0 atom stereocenters. The number of nitrogens with two attached hydrogens (primary N) is 1. The fourth-order valence-corrected chi connectivity index (χ4v) is 1.91. The summed E-state index contributed by atoms with van der Waals surface area (Å²) in [5, 5.41) is 4.14. The molecule has 0 saturated heterocycles. The van der Waals surface area contributed by atoms with Gasteiger partial charge in [-0.15, -0.1) is 0 Å². The van der Waals surface area contributed by atoms with E-state index in [4.69, 9.17) is 22.7 Å². The largest absolute Gasteiger partial charge is 0.492 e. The fraction of sp³-hybridized carbons (Fsp3) is 0.167. The summed E-state index contributed by atoms with van der Waals surface area (Å²) < 4.78 is 8.38. The number of benzene rings is 1. The smallest absolute Gasteiger partial charge is 0.120 e. The number of rotatable bonds is 5. The van der Waals surface area contributed by atoms with Gasteiger partial charge < -0.3 is 10.5 Å². The second-order valence-corrected chi connectivity index (χ2v) is 5.02. The van der Waals surface area contributed by atoms with Crippen LogP contribution in [0, 0.1) is 0 Å². The first-order valence-corrected chi connectivity index (χ1v) is 6.56. The third-order valence-corrected chi connectivity index (χ3v) is 2.95. The minimum absolute atomic E-state index is 0.372. The fourth-order valence-electron chi connectivity index (χ4n) is 1.46. The Kier molecular flexibility index (Phi) is 4.33. The number of thiocarbonyl (C=S) groups is 1. The molecule has 0 amide bonds. The number of hydrogen-bond donors (Lipinski definition) is 1. The Morgan fingerprint density at radius 1 is 1.50 bits per heavy atom. The van der Waals surface area contributed by atoms with Gasteiger partial charge in [0.2, 0.25) is 0 Å². The first-order valence-electron chi connectivity index (χ1n) is 5.36. The molecule has 1 aromatic heterocycles. The van der Waals surface area contributed by atoms with Gasteiger partial charge in [0.15, 0.2) is 0 Å². The summed E-state index contributed by atoms with van der Waals surface area (Å²) in [6.07, 6.45) is 3.64. The van der Waals surface area contributed by atoms with E-state index >= 15 is 0 Å². The predicted molar refractivity (Wildman–Crippen MR) is 77.8 cm³/mol. The summed E-state index contributed by atoms with van der Waals surface area (Å²) in [7, 11) is 0. The number of hydrogen-bond acceptors (Lipinski definition) is 3. The Bertz CT molecular complexity index is 556. The SMILES string of the molecule is NC(=S)c1cccc(OCCn2cc(Br)cn2)c1. The van der Waals surface area contributed by atoms with Crippen molar-refractivity contribution in [2.24, 2.45) is 5.73 Å². The Hall–Kier alpha value is -1.40. The molecule has 2 aromatic rings. The van der Waals surface area contributed by atoms with Crippen LogP contribution < -0.4 is 10.5 Å². The third kappa shape index (κ3) is 3.54. The number of halogens is 1. The summed E-state index contributed by atoms with van der Waals surface area (Å²) in [5.41, 5.74) is 6.37. The average molecular weight is 326 g/mol. The van der Waals surface area contributed by atoms with Crippen LogP contribution in [0.25, 0.3) is 0 Å². The van der Waals surface area contributed by atoms with Crippen LogP contribution in [0.15, 0.2) is 41.1 Å². The zero-order chi connectivity index (χ0) is 13.0. The molecule has 0 aliphatic carbocycles. The van der Waals surface area contributed by atoms with Gasteiger partial charge >= 0.3 is 0 Å². The molecular formula is C12H12BrN3OS.